The lowest BCUT2D eigenvalue weighted by Gasteiger charge is -2.15. The Hall–Kier alpha value is -4.13. The molecule has 1 amide bonds. The van der Waals surface area contributed by atoms with Crippen LogP contribution < -0.4 is 10.1 Å². The molecule has 0 radical (unpaired) electrons. The van der Waals surface area contributed by atoms with Crippen LogP contribution in [0.25, 0.3) is 22.4 Å². The van der Waals surface area contributed by atoms with Crippen molar-refractivity contribution in [3.63, 3.8) is 0 Å². The number of esters is 1. The van der Waals surface area contributed by atoms with E-state index in [1.807, 2.05) is 42.5 Å². The predicted octanol–water partition coefficient (Wildman–Crippen LogP) is 4.37. The molecule has 1 atom stereocenters. The van der Waals surface area contributed by atoms with Crippen LogP contribution in [-0.2, 0) is 16.1 Å². The van der Waals surface area contributed by atoms with Crippen LogP contribution in [0.15, 0.2) is 77.4 Å². The van der Waals surface area contributed by atoms with Crippen LogP contribution in [-0.4, -0.2) is 30.1 Å². The average molecular weight is 430 g/mol. The monoisotopic (exact) mass is 430 g/mol. The van der Waals surface area contributed by atoms with Gasteiger partial charge in [-0.1, -0.05) is 30.3 Å². The molecule has 0 saturated carbocycles. The minimum Gasteiger partial charge on any atom is -0.497 e. The highest BCUT2D eigenvalue weighted by Crippen LogP contribution is 2.26. The zero-order valence-electron chi connectivity index (χ0n) is 17.7. The average Bonchev–Trinajstić information content (AvgIpc) is 3.37. The number of amides is 1. The van der Waals surface area contributed by atoms with Gasteiger partial charge in [0, 0.05) is 11.9 Å². The first-order valence-electron chi connectivity index (χ1n) is 10.1. The molecule has 0 aliphatic heterocycles. The summed E-state index contributed by atoms with van der Waals surface area (Å²) >= 11 is 0. The van der Waals surface area contributed by atoms with E-state index in [9.17, 15) is 9.59 Å². The molecule has 1 N–H and O–H groups in total. The highest BCUT2D eigenvalue weighted by molar-refractivity contribution is 6.05. The van der Waals surface area contributed by atoms with Crippen LogP contribution in [0, 0.1) is 0 Å². The van der Waals surface area contributed by atoms with E-state index < -0.39 is 18.0 Å². The number of hydrogen-bond donors (Lipinski definition) is 1. The number of carbonyl (C=O) groups excluding carboxylic acids is 2. The number of hydrogen-bond acceptors (Lipinski definition) is 6. The van der Waals surface area contributed by atoms with E-state index >= 15 is 0 Å². The summed E-state index contributed by atoms with van der Waals surface area (Å²) in [5, 5.41) is 3.42. The summed E-state index contributed by atoms with van der Waals surface area (Å²) in [4.78, 5) is 30.0. The van der Waals surface area contributed by atoms with Crippen molar-refractivity contribution < 1.29 is 23.5 Å². The zero-order valence-corrected chi connectivity index (χ0v) is 17.7. The molecular weight excluding hydrogens is 408 g/mol. The minimum atomic E-state index is -0.972. The van der Waals surface area contributed by atoms with E-state index in [4.69, 9.17) is 13.9 Å². The van der Waals surface area contributed by atoms with Gasteiger partial charge in [0.25, 0.3) is 5.91 Å². The Labute approximate surface area is 185 Å². The number of fused-ring (bicyclic) bond motifs is 1. The molecule has 162 valence electrons. The first kappa shape index (κ1) is 21.1. The second-order valence-electron chi connectivity index (χ2n) is 7.16. The third-order valence-electron chi connectivity index (χ3n) is 4.99. The smallest absolute Gasteiger partial charge is 0.339 e. The van der Waals surface area contributed by atoms with E-state index in [2.05, 4.69) is 10.3 Å². The van der Waals surface area contributed by atoms with Crippen LogP contribution in [0.3, 0.4) is 0 Å². The maximum Gasteiger partial charge on any atom is 0.339 e. The van der Waals surface area contributed by atoms with Crippen LogP contribution in [0.2, 0.25) is 0 Å². The third-order valence-corrected chi connectivity index (χ3v) is 4.99. The Balaban J connectivity index is 1.48. The molecular formula is C25H22N2O5. The second kappa shape index (κ2) is 9.34. The largest absolute Gasteiger partial charge is 0.497 e. The van der Waals surface area contributed by atoms with Gasteiger partial charge >= 0.3 is 5.97 Å². The van der Waals surface area contributed by atoms with Gasteiger partial charge in [-0.05, 0) is 48.9 Å². The lowest BCUT2D eigenvalue weighted by Crippen LogP contribution is -2.35. The minimum absolute atomic E-state index is 0.311. The first-order chi connectivity index (χ1) is 15.5. The number of carbonyl (C=O) groups is 2. The van der Waals surface area contributed by atoms with Crippen molar-refractivity contribution in [2.75, 3.05) is 7.11 Å². The van der Waals surface area contributed by atoms with Crippen molar-refractivity contribution in [2.24, 2.45) is 0 Å². The van der Waals surface area contributed by atoms with Crippen LogP contribution in [0.5, 0.6) is 5.75 Å². The summed E-state index contributed by atoms with van der Waals surface area (Å²) in [5.41, 5.74) is 2.36. The number of benzene rings is 2. The summed E-state index contributed by atoms with van der Waals surface area (Å²) in [6.45, 7) is 1.85. The van der Waals surface area contributed by atoms with Crippen LogP contribution in [0.4, 0.5) is 0 Å². The van der Waals surface area contributed by atoms with Gasteiger partial charge in [0.05, 0.1) is 24.5 Å². The van der Waals surface area contributed by atoms with Gasteiger partial charge in [-0.2, -0.15) is 0 Å². The molecule has 0 spiro atoms. The van der Waals surface area contributed by atoms with Gasteiger partial charge in [-0.15, -0.1) is 0 Å². The van der Waals surface area contributed by atoms with Crippen LogP contribution in [0.1, 0.15) is 22.8 Å². The number of rotatable bonds is 7. The molecule has 7 nitrogen and oxygen atoms in total. The topological polar surface area (TPSA) is 90.7 Å². The Morgan fingerprint density at radius 1 is 1.06 bits per heavy atom. The first-order valence-corrected chi connectivity index (χ1v) is 10.1. The maximum atomic E-state index is 13.0. The molecule has 0 fully saturated rings. The Morgan fingerprint density at radius 3 is 2.56 bits per heavy atom. The van der Waals surface area contributed by atoms with Gasteiger partial charge in [0.1, 0.15) is 11.4 Å². The number of nitrogens with one attached hydrogen (secondary N) is 1. The number of methoxy groups -OCH3 is 1. The Kier molecular flexibility index (Phi) is 6.17. The highest BCUT2D eigenvalue weighted by atomic mass is 16.5. The number of aromatic nitrogens is 1. The summed E-state index contributed by atoms with van der Waals surface area (Å²) in [5.74, 6) is 0.276. The Bertz CT molecular complexity index is 1230. The number of ether oxygens (including phenoxy) is 2. The molecule has 4 rings (SSSR count). The van der Waals surface area contributed by atoms with E-state index in [0.29, 0.717) is 34.5 Å². The van der Waals surface area contributed by atoms with Gasteiger partial charge in [0.2, 0.25) is 0 Å². The molecule has 0 aliphatic carbocycles. The summed E-state index contributed by atoms with van der Waals surface area (Å²) < 4.78 is 16.0. The van der Waals surface area contributed by atoms with Crippen molar-refractivity contribution in [3.05, 3.63) is 84.1 Å². The van der Waals surface area contributed by atoms with Gasteiger partial charge in [0.15, 0.2) is 11.9 Å². The third kappa shape index (κ3) is 4.62. The lowest BCUT2D eigenvalue weighted by atomic mass is 10.1. The van der Waals surface area contributed by atoms with Crippen molar-refractivity contribution >= 4 is 22.8 Å². The standard InChI is InChI=1S/C25H22N2O5/c1-16(24(28)26-15-17-9-11-18(30-2)12-10-17)32-25(29)20-14-22(23-8-5-13-31-23)27-21-7-4-3-6-19(20)21/h3-14,16H,15H2,1-2H3,(H,26,28)/t16-/m0/s1. The molecule has 2 heterocycles. The van der Waals surface area contributed by atoms with Gasteiger partial charge in [-0.25, -0.2) is 9.78 Å². The molecule has 2 aromatic carbocycles. The van der Waals surface area contributed by atoms with E-state index in [-0.39, 0.29) is 0 Å². The fourth-order valence-corrected chi connectivity index (χ4v) is 3.25. The number of para-hydroxylation sites is 1. The van der Waals surface area contributed by atoms with Crippen LogP contribution >= 0.6 is 0 Å². The molecule has 0 unspecified atom stereocenters. The summed E-state index contributed by atoms with van der Waals surface area (Å²) in [7, 11) is 1.59. The Morgan fingerprint density at radius 2 is 1.84 bits per heavy atom. The number of pyridine rings is 1. The van der Waals surface area contributed by atoms with Gasteiger partial charge < -0.3 is 19.2 Å². The zero-order chi connectivity index (χ0) is 22.5. The summed E-state index contributed by atoms with van der Waals surface area (Å²) in [6, 6.07) is 19.7. The molecule has 32 heavy (non-hydrogen) atoms. The molecule has 0 saturated heterocycles. The second-order valence-corrected chi connectivity index (χ2v) is 7.16. The van der Waals surface area contributed by atoms with Gasteiger partial charge in [-0.3, -0.25) is 4.79 Å². The van der Waals surface area contributed by atoms with Crippen molar-refractivity contribution in [1.82, 2.24) is 10.3 Å². The van der Waals surface area contributed by atoms with Crippen molar-refractivity contribution in [1.29, 1.82) is 0 Å². The van der Waals surface area contributed by atoms with E-state index in [1.54, 1.807) is 37.6 Å². The van der Waals surface area contributed by atoms with Crippen molar-refractivity contribution in [3.8, 4) is 17.2 Å². The fraction of sp³-hybridized carbons (Fsp3) is 0.160. The SMILES string of the molecule is COc1ccc(CNC(=O)[C@H](C)OC(=O)c2cc(-c3ccco3)nc3ccccc23)cc1. The van der Waals surface area contributed by atoms with Crippen molar-refractivity contribution in [2.45, 2.75) is 19.6 Å². The molecule has 0 aliphatic rings. The predicted molar refractivity (Wildman–Crippen MR) is 119 cm³/mol. The molecule has 2 aromatic heterocycles. The van der Waals surface area contributed by atoms with E-state index in [0.717, 1.165) is 11.3 Å². The fourth-order valence-electron chi connectivity index (χ4n) is 3.25. The normalized spacial score (nSPS) is 11.7. The molecule has 0 bridgehead atoms. The highest BCUT2D eigenvalue weighted by Gasteiger charge is 2.22. The van der Waals surface area contributed by atoms with E-state index in [1.165, 1.54) is 6.92 Å². The number of furan rings is 1. The number of nitrogens with zero attached hydrogens (tertiary/aromatic N) is 1. The quantitative estimate of drug-likeness (QED) is 0.438. The summed E-state index contributed by atoms with van der Waals surface area (Å²) in [6.07, 6.45) is 0.569. The lowest BCUT2D eigenvalue weighted by molar-refractivity contribution is -0.129. The molecule has 7 heteroatoms. The molecule has 4 aromatic rings. The maximum absolute atomic E-state index is 13.0.